The molecule has 0 aliphatic rings. The predicted octanol–water partition coefficient (Wildman–Crippen LogP) is 4.15. The predicted molar refractivity (Wildman–Crippen MR) is 81.2 cm³/mol. The van der Waals surface area contributed by atoms with E-state index in [1.165, 1.54) is 11.7 Å². The Hall–Kier alpha value is -0.860. The molecule has 18 heavy (non-hydrogen) atoms. The van der Waals surface area contributed by atoms with Crippen LogP contribution in [0, 0.1) is 3.77 Å². The molecule has 0 bridgehead atoms. The van der Waals surface area contributed by atoms with Gasteiger partial charge in [0.05, 0.1) is 29.0 Å². The van der Waals surface area contributed by atoms with Crippen LogP contribution in [0.2, 0.25) is 5.02 Å². The molecular weight excluding hydrogens is 385 g/mol. The number of furan rings is 1. The summed E-state index contributed by atoms with van der Waals surface area (Å²) in [6.07, 6.45) is 0. The summed E-state index contributed by atoms with van der Waals surface area (Å²) in [5.41, 5.74) is 2.45. The number of hydrogen-bond donors (Lipinski definition) is 1. The van der Waals surface area contributed by atoms with E-state index in [1.807, 2.05) is 24.3 Å². The maximum Gasteiger partial charge on any atom is 0.164 e. The summed E-state index contributed by atoms with van der Waals surface area (Å²) in [6.45, 7) is 0.569. The maximum atomic E-state index is 6.17. The minimum atomic E-state index is 0.569. The van der Waals surface area contributed by atoms with Gasteiger partial charge in [0.15, 0.2) is 3.77 Å². The molecule has 1 N–H and O–H groups in total. The molecule has 0 unspecified atom stereocenters. The van der Waals surface area contributed by atoms with Crippen molar-refractivity contribution in [2.45, 2.75) is 6.54 Å². The van der Waals surface area contributed by atoms with Gasteiger partial charge in [-0.2, -0.15) is 8.75 Å². The van der Waals surface area contributed by atoms with Gasteiger partial charge in [0.1, 0.15) is 16.8 Å². The van der Waals surface area contributed by atoms with Crippen molar-refractivity contribution >= 4 is 62.6 Å². The summed E-state index contributed by atoms with van der Waals surface area (Å²) in [7, 11) is 0. The molecule has 2 heterocycles. The van der Waals surface area contributed by atoms with Crippen molar-refractivity contribution < 1.29 is 4.42 Å². The van der Waals surface area contributed by atoms with Crippen molar-refractivity contribution in [3.63, 3.8) is 0 Å². The van der Waals surface area contributed by atoms with Crippen LogP contribution in [0.1, 0.15) is 5.76 Å². The summed E-state index contributed by atoms with van der Waals surface area (Å²) in [4.78, 5) is 0. The number of fused-ring (bicyclic) bond motifs is 1. The molecule has 3 aromatic rings. The number of benzene rings is 1. The average Bonchev–Trinajstić information content (AvgIpc) is 2.96. The number of rotatable bonds is 3. The summed E-state index contributed by atoms with van der Waals surface area (Å²) >= 11 is 9.49. The topological polar surface area (TPSA) is 51.0 Å². The van der Waals surface area contributed by atoms with Gasteiger partial charge in [-0.15, -0.1) is 0 Å². The lowest BCUT2D eigenvalue weighted by Crippen LogP contribution is -1.99. The van der Waals surface area contributed by atoms with Crippen LogP contribution in [0.4, 0.5) is 5.69 Å². The lowest BCUT2D eigenvalue weighted by molar-refractivity contribution is 0.493. The molecule has 2 aromatic heterocycles. The zero-order valence-electron chi connectivity index (χ0n) is 8.98. The van der Waals surface area contributed by atoms with E-state index < -0.39 is 0 Å². The maximum absolute atomic E-state index is 6.17. The average molecular weight is 392 g/mol. The Labute approximate surface area is 126 Å². The first-order chi connectivity index (χ1) is 8.74. The van der Waals surface area contributed by atoms with Crippen LogP contribution in [0.25, 0.3) is 11.0 Å². The molecule has 0 saturated carbocycles. The largest absolute Gasteiger partial charge is 0.454 e. The second-order valence-electron chi connectivity index (χ2n) is 3.61. The molecule has 0 saturated heterocycles. The van der Waals surface area contributed by atoms with Gasteiger partial charge in [-0.3, -0.25) is 0 Å². The van der Waals surface area contributed by atoms with Crippen molar-refractivity contribution in [1.82, 2.24) is 8.75 Å². The second-order valence-corrected chi connectivity index (χ2v) is 5.61. The van der Waals surface area contributed by atoms with E-state index in [0.29, 0.717) is 11.6 Å². The minimum absolute atomic E-state index is 0.569. The number of nitrogens with one attached hydrogen (secondary N) is 1. The van der Waals surface area contributed by atoms with E-state index in [4.69, 9.17) is 16.0 Å². The van der Waals surface area contributed by atoms with E-state index in [9.17, 15) is 0 Å². The third-order valence-corrected chi connectivity index (χ3v) is 3.88. The van der Waals surface area contributed by atoms with Gasteiger partial charge in [0, 0.05) is 0 Å². The molecule has 92 valence electrons. The molecule has 0 aliphatic carbocycles. The van der Waals surface area contributed by atoms with Crippen molar-refractivity contribution in [1.29, 1.82) is 0 Å². The van der Waals surface area contributed by atoms with Crippen LogP contribution in [0.3, 0.4) is 0 Å². The summed E-state index contributed by atoms with van der Waals surface area (Å²) in [5, 5.41) is 3.88. The Kier molecular flexibility index (Phi) is 3.40. The van der Waals surface area contributed by atoms with Crippen molar-refractivity contribution in [3.8, 4) is 0 Å². The molecule has 3 rings (SSSR count). The van der Waals surface area contributed by atoms with Crippen LogP contribution >= 0.6 is 45.9 Å². The molecular formula is C11H7ClIN3OS. The van der Waals surface area contributed by atoms with E-state index >= 15 is 0 Å². The molecule has 1 aromatic carbocycles. The highest BCUT2D eigenvalue weighted by atomic mass is 127. The second kappa shape index (κ2) is 5.02. The number of nitrogens with zero attached hydrogens (tertiary/aromatic N) is 2. The SMILES string of the molecule is Clc1ccc2nsnc2c1NCc1ccc(I)o1. The van der Waals surface area contributed by atoms with Gasteiger partial charge in [0.25, 0.3) is 0 Å². The Balaban J connectivity index is 1.89. The van der Waals surface area contributed by atoms with E-state index in [1.54, 1.807) is 0 Å². The molecule has 0 fully saturated rings. The summed E-state index contributed by atoms with van der Waals surface area (Å²) < 4.78 is 14.8. The van der Waals surface area contributed by atoms with Gasteiger partial charge in [0.2, 0.25) is 0 Å². The molecule has 0 aliphatic heterocycles. The van der Waals surface area contributed by atoms with Crippen LogP contribution < -0.4 is 5.32 Å². The Bertz CT molecular complexity index is 696. The van der Waals surface area contributed by atoms with Crippen molar-refractivity contribution in [2.24, 2.45) is 0 Å². The molecule has 0 amide bonds. The fourth-order valence-corrected chi connectivity index (χ4v) is 2.84. The molecule has 7 heteroatoms. The highest BCUT2D eigenvalue weighted by Crippen LogP contribution is 2.30. The fourth-order valence-electron chi connectivity index (χ4n) is 1.62. The minimum Gasteiger partial charge on any atom is -0.454 e. The van der Waals surface area contributed by atoms with Crippen LogP contribution in [0.15, 0.2) is 28.7 Å². The van der Waals surface area contributed by atoms with E-state index in [-0.39, 0.29) is 0 Å². The quantitative estimate of drug-likeness (QED) is 0.681. The van der Waals surface area contributed by atoms with E-state index in [2.05, 4.69) is 36.7 Å². The number of halogens is 2. The Morgan fingerprint density at radius 2 is 2.17 bits per heavy atom. The van der Waals surface area contributed by atoms with Crippen LogP contribution in [-0.2, 0) is 6.54 Å². The zero-order valence-corrected chi connectivity index (χ0v) is 12.7. The lowest BCUT2D eigenvalue weighted by Gasteiger charge is -2.06. The van der Waals surface area contributed by atoms with Crippen molar-refractivity contribution in [2.75, 3.05) is 5.32 Å². The monoisotopic (exact) mass is 391 g/mol. The van der Waals surface area contributed by atoms with E-state index in [0.717, 1.165) is 26.2 Å². The summed E-state index contributed by atoms with van der Waals surface area (Å²) in [6, 6.07) is 7.54. The number of anilines is 1. The smallest absolute Gasteiger partial charge is 0.164 e. The highest BCUT2D eigenvalue weighted by Gasteiger charge is 2.10. The molecule has 4 nitrogen and oxygen atoms in total. The van der Waals surface area contributed by atoms with Crippen molar-refractivity contribution in [3.05, 3.63) is 38.8 Å². The molecule has 0 radical (unpaired) electrons. The van der Waals surface area contributed by atoms with Crippen LogP contribution in [0.5, 0.6) is 0 Å². The first kappa shape index (κ1) is 12.2. The normalized spacial score (nSPS) is 11.0. The number of hydrogen-bond acceptors (Lipinski definition) is 5. The van der Waals surface area contributed by atoms with Gasteiger partial charge in [-0.1, -0.05) is 11.6 Å². The lowest BCUT2D eigenvalue weighted by atomic mass is 10.2. The highest BCUT2D eigenvalue weighted by molar-refractivity contribution is 14.1. The molecule has 0 spiro atoms. The van der Waals surface area contributed by atoms with Gasteiger partial charge in [-0.05, 0) is 46.9 Å². The third-order valence-electron chi connectivity index (χ3n) is 2.45. The Morgan fingerprint density at radius 3 is 2.94 bits per heavy atom. The standard InChI is InChI=1S/C11H7ClIN3OS/c12-7-2-3-8-11(16-18-15-8)10(7)14-5-6-1-4-9(13)17-6/h1-4,14H,5H2. The van der Waals surface area contributed by atoms with Gasteiger partial charge >= 0.3 is 0 Å². The zero-order chi connectivity index (χ0) is 12.5. The van der Waals surface area contributed by atoms with Crippen LogP contribution in [-0.4, -0.2) is 8.75 Å². The first-order valence-electron chi connectivity index (χ1n) is 5.13. The number of aromatic nitrogens is 2. The fraction of sp³-hybridized carbons (Fsp3) is 0.0909. The van der Waals surface area contributed by atoms with Gasteiger partial charge in [-0.25, -0.2) is 0 Å². The summed E-state index contributed by atoms with van der Waals surface area (Å²) in [5.74, 6) is 0.857. The molecule has 0 atom stereocenters. The van der Waals surface area contributed by atoms with Gasteiger partial charge < -0.3 is 9.73 Å². The third kappa shape index (κ3) is 2.32. The first-order valence-corrected chi connectivity index (χ1v) is 7.31. The Morgan fingerprint density at radius 1 is 1.28 bits per heavy atom.